The van der Waals surface area contributed by atoms with Gasteiger partial charge in [-0.1, -0.05) is 37.6 Å². The van der Waals surface area contributed by atoms with Crippen LogP contribution in [0.4, 0.5) is 0 Å². The Morgan fingerprint density at radius 1 is 1.11 bits per heavy atom. The lowest BCUT2D eigenvalue weighted by Gasteiger charge is -2.35. The Hall–Kier alpha value is -0.860. The highest BCUT2D eigenvalue weighted by Gasteiger charge is 2.57. The average molecular weight is 262 g/mol. The fraction of sp³-hybridized carbons (Fsp3) is 0.647. The first kappa shape index (κ1) is 14.5. The van der Waals surface area contributed by atoms with Gasteiger partial charge >= 0.3 is 0 Å². The second-order valence-corrected chi connectivity index (χ2v) is 6.86. The van der Waals surface area contributed by atoms with Gasteiger partial charge in [0.05, 0.1) is 11.2 Å². The largest absolute Gasteiger partial charge is 0.382 e. The topological polar surface area (TPSA) is 29.5 Å². The maximum atomic E-state index is 11.1. The molecule has 1 unspecified atom stereocenters. The molecule has 0 aromatic heterocycles. The Bertz CT molecular complexity index is 445. The average Bonchev–Trinajstić information content (AvgIpc) is 2.44. The van der Waals surface area contributed by atoms with E-state index in [0.29, 0.717) is 6.42 Å². The van der Waals surface area contributed by atoms with E-state index >= 15 is 0 Å². The third-order valence-corrected chi connectivity index (χ3v) is 4.18. The van der Waals surface area contributed by atoms with E-state index in [1.54, 1.807) is 0 Å². The molecule has 1 atom stereocenters. The molecule has 19 heavy (non-hydrogen) atoms. The summed E-state index contributed by atoms with van der Waals surface area (Å²) in [6.45, 7) is 10.2. The van der Waals surface area contributed by atoms with Crippen molar-refractivity contribution in [2.24, 2.45) is 0 Å². The van der Waals surface area contributed by atoms with E-state index < -0.39 is 11.2 Å². The molecule has 1 saturated heterocycles. The van der Waals surface area contributed by atoms with Crippen molar-refractivity contribution in [1.82, 2.24) is 0 Å². The standard InChI is InChI=1S/C17H26O2/c1-6-7-13-8-10-14(11-9-13)17(18)12-15(2,3)19-16(17,4)5/h8-11,18H,6-7,12H2,1-5H3. The van der Waals surface area contributed by atoms with Crippen LogP contribution in [-0.2, 0) is 16.8 Å². The molecule has 0 bridgehead atoms. The summed E-state index contributed by atoms with van der Waals surface area (Å²) in [5.74, 6) is 0. The normalized spacial score (nSPS) is 28.5. The van der Waals surface area contributed by atoms with Gasteiger partial charge in [-0.25, -0.2) is 0 Å². The molecule has 2 heteroatoms. The van der Waals surface area contributed by atoms with E-state index in [0.717, 1.165) is 18.4 Å². The van der Waals surface area contributed by atoms with Crippen LogP contribution < -0.4 is 0 Å². The van der Waals surface area contributed by atoms with Crippen LogP contribution in [0.15, 0.2) is 24.3 Å². The van der Waals surface area contributed by atoms with Crippen molar-refractivity contribution in [2.75, 3.05) is 0 Å². The van der Waals surface area contributed by atoms with Gasteiger partial charge in [-0.2, -0.15) is 0 Å². The fourth-order valence-corrected chi connectivity index (χ4v) is 3.33. The van der Waals surface area contributed by atoms with Gasteiger partial charge in [-0.3, -0.25) is 0 Å². The Morgan fingerprint density at radius 2 is 1.68 bits per heavy atom. The molecular formula is C17H26O2. The van der Waals surface area contributed by atoms with Gasteiger partial charge in [0, 0.05) is 6.42 Å². The van der Waals surface area contributed by atoms with Crippen molar-refractivity contribution in [3.8, 4) is 0 Å². The van der Waals surface area contributed by atoms with E-state index in [-0.39, 0.29) is 5.60 Å². The van der Waals surface area contributed by atoms with Gasteiger partial charge in [-0.05, 0) is 45.2 Å². The predicted octanol–water partition coefficient (Wildman–Crippen LogP) is 3.80. The van der Waals surface area contributed by atoms with Crippen molar-refractivity contribution in [2.45, 2.75) is 70.7 Å². The molecule has 0 aliphatic carbocycles. The molecule has 0 amide bonds. The lowest BCUT2D eigenvalue weighted by molar-refractivity contribution is -0.129. The van der Waals surface area contributed by atoms with Gasteiger partial charge < -0.3 is 9.84 Å². The van der Waals surface area contributed by atoms with E-state index in [1.165, 1.54) is 5.56 Å². The molecule has 1 aromatic rings. The number of hydrogen-bond donors (Lipinski definition) is 1. The van der Waals surface area contributed by atoms with E-state index in [1.807, 2.05) is 27.7 Å². The quantitative estimate of drug-likeness (QED) is 0.897. The molecule has 1 aliphatic heterocycles. The summed E-state index contributed by atoms with van der Waals surface area (Å²) >= 11 is 0. The molecule has 1 N–H and O–H groups in total. The van der Waals surface area contributed by atoms with Crippen LogP contribution in [0.3, 0.4) is 0 Å². The minimum atomic E-state index is -0.915. The Morgan fingerprint density at radius 3 is 2.11 bits per heavy atom. The van der Waals surface area contributed by atoms with Crippen LogP contribution in [0.2, 0.25) is 0 Å². The predicted molar refractivity (Wildman–Crippen MR) is 78.2 cm³/mol. The van der Waals surface area contributed by atoms with Crippen LogP contribution in [0.25, 0.3) is 0 Å². The number of hydrogen-bond acceptors (Lipinski definition) is 2. The Kier molecular flexibility index (Phi) is 3.53. The Balaban J connectivity index is 2.34. The molecule has 0 spiro atoms. The molecule has 2 nitrogen and oxygen atoms in total. The highest BCUT2D eigenvalue weighted by molar-refractivity contribution is 5.31. The van der Waals surface area contributed by atoms with Crippen molar-refractivity contribution in [3.05, 3.63) is 35.4 Å². The number of rotatable bonds is 3. The molecule has 1 heterocycles. The summed E-state index contributed by atoms with van der Waals surface area (Å²) in [6.07, 6.45) is 2.86. The number of benzene rings is 1. The maximum Gasteiger partial charge on any atom is 0.121 e. The first-order chi connectivity index (χ1) is 8.70. The number of aliphatic hydroxyl groups is 1. The zero-order valence-corrected chi connectivity index (χ0v) is 12.8. The van der Waals surface area contributed by atoms with Crippen LogP contribution >= 0.6 is 0 Å². The molecule has 2 rings (SSSR count). The summed E-state index contributed by atoms with van der Waals surface area (Å²) < 4.78 is 6.03. The molecule has 0 saturated carbocycles. The number of aryl methyl sites for hydroxylation is 1. The molecule has 1 fully saturated rings. The summed E-state index contributed by atoms with van der Waals surface area (Å²) in [5.41, 5.74) is 0.512. The van der Waals surface area contributed by atoms with Crippen molar-refractivity contribution >= 4 is 0 Å². The zero-order chi connectivity index (χ0) is 14.3. The van der Waals surface area contributed by atoms with E-state index in [2.05, 4.69) is 31.2 Å². The van der Waals surface area contributed by atoms with Crippen molar-refractivity contribution in [1.29, 1.82) is 0 Å². The van der Waals surface area contributed by atoms with Gasteiger partial charge in [-0.15, -0.1) is 0 Å². The molecule has 1 aromatic carbocycles. The maximum absolute atomic E-state index is 11.1. The van der Waals surface area contributed by atoms with Crippen LogP contribution in [0, 0.1) is 0 Å². The second kappa shape index (κ2) is 4.60. The molecule has 1 aliphatic rings. The van der Waals surface area contributed by atoms with Crippen LogP contribution in [-0.4, -0.2) is 16.3 Å². The second-order valence-electron chi connectivity index (χ2n) is 6.86. The summed E-state index contributed by atoms with van der Waals surface area (Å²) in [7, 11) is 0. The van der Waals surface area contributed by atoms with Gasteiger partial charge in [0.25, 0.3) is 0 Å². The van der Waals surface area contributed by atoms with Crippen molar-refractivity contribution < 1.29 is 9.84 Å². The van der Waals surface area contributed by atoms with Crippen LogP contribution in [0.5, 0.6) is 0 Å². The highest BCUT2D eigenvalue weighted by Crippen LogP contribution is 2.50. The monoisotopic (exact) mass is 262 g/mol. The van der Waals surface area contributed by atoms with Crippen LogP contribution in [0.1, 0.15) is 58.6 Å². The fourth-order valence-electron chi connectivity index (χ4n) is 3.33. The third kappa shape index (κ3) is 2.56. The molecule has 106 valence electrons. The smallest absolute Gasteiger partial charge is 0.121 e. The minimum Gasteiger partial charge on any atom is -0.382 e. The lowest BCUT2D eigenvalue weighted by atomic mass is 9.77. The Labute approximate surface area is 116 Å². The summed E-state index contributed by atoms with van der Waals surface area (Å²) in [5, 5.41) is 11.1. The zero-order valence-electron chi connectivity index (χ0n) is 12.8. The minimum absolute atomic E-state index is 0.291. The SMILES string of the molecule is CCCc1ccc(C2(O)CC(C)(C)OC2(C)C)cc1. The van der Waals surface area contributed by atoms with E-state index in [4.69, 9.17) is 4.74 Å². The van der Waals surface area contributed by atoms with Crippen molar-refractivity contribution in [3.63, 3.8) is 0 Å². The number of ether oxygens (including phenoxy) is 1. The van der Waals surface area contributed by atoms with Gasteiger partial charge in [0.1, 0.15) is 5.60 Å². The molecular weight excluding hydrogens is 236 g/mol. The molecule has 0 radical (unpaired) electrons. The first-order valence-corrected chi connectivity index (χ1v) is 7.22. The summed E-state index contributed by atoms with van der Waals surface area (Å²) in [6, 6.07) is 8.35. The van der Waals surface area contributed by atoms with E-state index in [9.17, 15) is 5.11 Å². The summed E-state index contributed by atoms with van der Waals surface area (Å²) in [4.78, 5) is 0. The lowest BCUT2D eigenvalue weighted by Crippen LogP contribution is -2.43. The van der Waals surface area contributed by atoms with Gasteiger partial charge in [0.15, 0.2) is 0 Å². The van der Waals surface area contributed by atoms with Gasteiger partial charge in [0.2, 0.25) is 0 Å². The highest BCUT2D eigenvalue weighted by atomic mass is 16.5. The third-order valence-electron chi connectivity index (χ3n) is 4.18. The first-order valence-electron chi connectivity index (χ1n) is 7.22.